The Balaban J connectivity index is 1.34. The SMILES string of the molecule is CN1CCN(CCCN(C)c2ccc3nccc(C(=O)NCC(=O)N4CC(F)(F)CC4CCCCS(=O)(=O)F)c3c2)CC1. The smallest absolute Gasteiger partial charge is 0.302 e. The van der Waals surface area contributed by atoms with E-state index in [0.29, 0.717) is 16.5 Å². The molecule has 43 heavy (non-hydrogen) atoms. The maximum Gasteiger partial charge on any atom is 0.302 e. The Morgan fingerprint density at radius 3 is 2.58 bits per heavy atom. The Morgan fingerprint density at radius 1 is 1.12 bits per heavy atom. The summed E-state index contributed by atoms with van der Waals surface area (Å²) >= 11 is 0. The van der Waals surface area contributed by atoms with Crippen molar-refractivity contribution in [3.05, 3.63) is 36.0 Å². The number of aromatic nitrogens is 1. The highest BCUT2D eigenvalue weighted by Gasteiger charge is 2.46. The molecule has 14 heteroatoms. The summed E-state index contributed by atoms with van der Waals surface area (Å²) in [7, 11) is -0.504. The summed E-state index contributed by atoms with van der Waals surface area (Å²) in [5, 5.41) is 3.19. The van der Waals surface area contributed by atoms with Crippen molar-refractivity contribution in [3.8, 4) is 0 Å². The fourth-order valence-electron chi connectivity index (χ4n) is 5.76. The van der Waals surface area contributed by atoms with Crippen molar-refractivity contribution in [3.63, 3.8) is 0 Å². The number of halogens is 3. The van der Waals surface area contributed by atoms with Gasteiger partial charge in [-0.2, -0.15) is 8.42 Å². The van der Waals surface area contributed by atoms with Gasteiger partial charge in [-0.25, -0.2) is 8.78 Å². The molecule has 238 valence electrons. The fraction of sp³-hybridized carbons (Fsp3) is 0.621. The summed E-state index contributed by atoms with van der Waals surface area (Å²) in [5.74, 6) is -4.96. The third kappa shape index (κ3) is 9.51. The van der Waals surface area contributed by atoms with Crippen molar-refractivity contribution in [2.75, 3.05) is 77.1 Å². The first-order chi connectivity index (χ1) is 20.3. The number of pyridine rings is 1. The number of anilines is 1. The molecule has 2 fully saturated rings. The lowest BCUT2D eigenvalue weighted by atomic mass is 10.1. The summed E-state index contributed by atoms with van der Waals surface area (Å²) in [6.45, 7) is 4.87. The van der Waals surface area contributed by atoms with Gasteiger partial charge >= 0.3 is 10.2 Å². The van der Waals surface area contributed by atoms with Crippen LogP contribution in [0.25, 0.3) is 10.9 Å². The zero-order chi connectivity index (χ0) is 31.2. The van der Waals surface area contributed by atoms with Crippen LogP contribution >= 0.6 is 0 Å². The number of rotatable bonds is 13. The van der Waals surface area contributed by atoms with Gasteiger partial charge in [0.2, 0.25) is 5.91 Å². The molecule has 1 unspecified atom stereocenters. The molecule has 10 nitrogen and oxygen atoms in total. The van der Waals surface area contributed by atoms with Crippen LogP contribution in [0.3, 0.4) is 0 Å². The number of carbonyl (C=O) groups excluding carboxylic acids is 2. The van der Waals surface area contributed by atoms with E-state index < -0.39 is 59.3 Å². The lowest BCUT2D eigenvalue weighted by molar-refractivity contribution is -0.132. The van der Waals surface area contributed by atoms with Gasteiger partial charge in [-0.15, -0.1) is 3.89 Å². The molecule has 1 N–H and O–H groups in total. The Bertz CT molecular complexity index is 1390. The fourth-order valence-corrected chi connectivity index (χ4v) is 6.31. The minimum Gasteiger partial charge on any atom is -0.375 e. The number of nitrogens with one attached hydrogen (secondary N) is 1. The van der Waals surface area contributed by atoms with E-state index in [1.54, 1.807) is 6.07 Å². The number of unbranched alkanes of at least 4 members (excludes halogenated alkanes) is 1. The van der Waals surface area contributed by atoms with Crippen LogP contribution in [0.2, 0.25) is 0 Å². The zero-order valence-electron chi connectivity index (χ0n) is 24.8. The van der Waals surface area contributed by atoms with Crippen molar-refractivity contribution >= 4 is 38.6 Å². The van der Waals surface area contributed by atoms with E-state index in [4.69, 9.17) is 0 Å². The first-order valence-electron chi connectivity index (χ1n) is 14.7. The average Bonchev–Trinajstić information content (AvgIpc) is 3.27. The van der Waals surface area contributed by atoms with Gasteiger partial charge in [-0.1, -0.05) is 6.42 Å². The quantitative estimate of drug-likeness (QED) is 0.267. The maximum atomic E-state index is 14.2. The van der Waals surface area contributed by atoms with Crippen LogP contribution < -0.4 is 10.2 Å². The molecular formula is C29H41F3N6O4S. The number of carbonyl (C=O) groups is 2. The summed E-state index contributed by atoms with van der Waals surface area (Å²) < 4.78 is 62.5. The Hall–Kier alpha value is -2.97. The number of piperazine rings is 1. The monoisotopic (exact) mass is 626 g/mol. The molecule has 0 saturated carbocycles. The van der Waals surface area contributed by atoms with Crippen molar-refractivity contribution in [1.29, 1.82) is 0 Å². The minimum absolute atomic E-state index is 0.0256. The predicted molar refractivity (Wildman–Crippen MR) is 160 cm³/mol. The van der Waals surface area contributed by atoms with E-state index in [-0.39, 0.29) is 19.3 Å². The highest BCUT2D eigenvalue weighted by molar-refractivity contribution is 7.86. The normalized spacial score (nSPS) is 19.6. The molecule has 4 rings (SSSR count). The third-order valence-corrected chi connectivity index (χ3v) is 9.02. The van der Waals surface area contributed by atoms with E-state index in [9.17, 15) is 30.7 Å². The van der Waals surface area contributed by atoms with E-state index in [0.717, 1.165) is 56.3 Å². The van der Waals surface area contributed by atoms with Crippen molar-refractivity contribution < 1.29 is 30.7 Å². The lowest BCUT2D eigenvalue weighted by Gasteiger charge is -2.32. The zero-order valence-corrected chi connectivity index (χ0v) is 25.6. The van der Waals surface area contributed by atoms with Gasteiger partial charge in [0.1, 0.15) is 0 Å². The van der Waals surface area contributed by atoms with E-state index in [2.05, 4.69) is 32.0 Å². The number of nitrogens with zero attached hydrogens (tertiary/aromatic N) is 5. The number of benzene rings is 1. The van der Waals surface area contributed by atoms with Crippen LogP contribution in [-0.4, -0.2) is 124 Å². The highest BCUT2D eigenvalue weighted by atomic mass is 32.3. The van der Waals surface area contributed by atoms with Gasteiger partial charge in [0, 0.05) is 69.5 Å². The second kappa shape index (κ2) is 14.2. The molecule has 1 aromatic carbocycles. The largest absolute Gasteiger partial charge is 0.375 e. The molecule has 0 radical (unpaired) electrons. The number of hydrogen-bond acceptors (Lipinski definition) is 8. The second-order valence-corrected chi connectivity index (χ2v) is 13.1. The van der Waals surface area contributed by atoms with E-state index >= 15 is 0 Å². The molecule has 2 aliphatic heterocycles. The Morgan fingerprint density at radius 2 is 1.86 bits per heavy atom. The number of alkyl halides is 2. The highest BCUT2D eigenvalue weighted by Crippen LogP contribution is 2.34. The van der Waals surface area contributed by atoms with Crippen molar-refractivity contribution in [2.45, 2.75) is 44.1 Å². The summed E-state index contributed by atoms with van der Waals surface area (Å²) in [4.78, 5) is 38.4. The molecule has 2 saturated heterocycles. The number of fused-ring (bicyclic) bond motifs is 1. The van der Waals surface area contributed by atoms with Gasteiger partial charge in [-0.05, 0) is 57.1 Å². The predicted octanol–water partition coefficient (Wildman–Crippen LogP) is 2.74. The average molecular weight is 627 g/mol. The molecule has 0 bridgehead atoms. The van der Waals surface area contributed by atoms with Crippen molar-refractivity contribution in [1.82, 2.24) is 25.0 Å². The first-order valence-corrected chi connectivity index (χ1v) is 16.3. The second-order valence-electron chi connectivity index (χ2n) is 11.6. The molecule has 1 atom stereocenters. The topological polar surface area (TPSA) is 106 Å². The molecule has 2 aliphatic rings. The van der Waals surface area contributed by atoms with E-state index in [1.165, 1.54) is 6.20 Å². The van der Waals surface area contributed by atoms with Gasteiger partial charge < -0.3 is 24.9 Å². The van der Waals surface area contributed by atoms with E-state index in [1.807, 2.05) is 25.2 Å². The number of hydrogen-bond donors (Lipinski definition) is 1. The number of likely N-dealkylation sites (N-methyl/N-ethyl adjacent to an activating group) is 1. The Labute approximate surface area is 251 Å². The molecular weight excluding hydrogens is 585 g/mol. The van der Waals surface area contributed by atoms with Crippen LogP contribution in [-0.2, 0) is 15.0 Å². The van der Waals surface area contributed by atoms with Gasteiger partial charge in [-0.3, -0.25) is 14.6 Å². The molecule has 0 spiro atoms. The van der Waals surface area contributed by atoms with Crippen LogP contribution in [0.4, 0.5) is 18.4 Å². The summed E-state index contributed by atoms with van der Waals surface area (Å²) in [6, 6.07) is 6.42. The number of amides is 2. The first kappa shape index (κ1) is 32.9. The van der Waals surface area contributed by atoms with Gasteiger partial charge in [0.15, 0.2) is 0 Å². The maximum absolute atomic E-state index is 14.2. The molecule has 3 heterocycles. The van der Waals surface area contributed by atoms with Crippen LogP contribution in [0, 0.1) is 0 Å². The number of likely N-dealkylation sites (tertiary alicyclic amines) is 1. The molecule has 1 aromatic heterocycles. The summed E-state index contributed by atoms with van der Waals surface area (Å²) in [5.41, 5.74) is 1.86. The minimum atomic E-state index is -4.64. The van der Waals surface area contributed by atoms with Crippen LogP contribution in [0.15, 0.2) is 30.5 Å². The van der Waals surface area contributed by atoms with Gasteiger partial charge in [0.25, 0.3) is 11.8 Å². The van der Waals surface area contributed by atoms with Crippen LogP contribution in [0.5, 0.6) is 0 Å². The van der Waals surface area contributed by atoms with Crippen molar-refractivity contribution in [2.24, 2.45) is 0 Å². The lowest BCUT2D eigenvalue weighted by Crippen LogP contribution is -2.45. The Kier molecular flexibility index (Phi) is 10.9. The molecule has 2 amide bonds. The van der Waals surface area contributed by atoms with Gasteiger partial charge in [0.05, 0.1) is 29.9 Å². The van der Waals surface area contributed by atoms with Crippen LogP contribution in [0.1, 0.15) is 42.5 Å². The molecule has 2 aromatic rings. The summed E-state index contributed by atoms with van der Waals surface area (Å²) in [6.07, 6.45) is 2.21. The standard InChI is InChI=1S/C29H41F3N6O4S/c1-35-13-15-37(16-14-35)12-5-11-36(2)22-7-8-26-25(18-22)24(9-10-33-26)28(40)34-20-27(39)38-21-29(30,31)19-23(38)6-3-4-17-43(32,41)42/h7-10,18,23H,3-6,11-17,19-21H2,1-2H3,(H,34,40). The molecule has 0 aliphatic carbocycles. The third-order valence-electron chi connectivity index (χ3n) is 8.25.